The first-order valence-electron chi connectivity index (χ1n) is 8.53. The van der Waals surface area contributed by atoms with E-state index in [1.165, 1.54) is 4.88 Å². The highest BCUT2D eigenvalue weighted by atomic mass is 32.1. The van der Waals surface area contributed by atoms with Gasteiger partial charge in [0, 0.05) is 11.4 Å². The van der Waals surface area contributed by atoms with Crippen molar-refractivity contribution < 1.29 is 4.74 Å². The summed E-state index contributed by atoms with van der Waals surface area (Å²) < 4.78 is 7.39. The minimum atomic E-state index is 0.0910. The number of aryl methyl sites for hydroxylation is 2. The minimum Gasteiger partial charge on any atom is -0.494 e. The first-order chi connectivity index (χ1) is 12.1. The van der Waals surface area contributed by atoms with Gasteiger partial charge in [0.25, 0.3) is 5.56 Å². The summed E-state index contributed by atoms with van der Waals surface area (Å²) in [5, 5.41) is 0.783. The maximum atomic E-state index is 12.9. The number of benzene rings is 1. The van der Waals surface area contributed by atoms with Gasteiger partial charge in [0.05, 0.1) is 12.0 Å². The Balaban J connectivity index is 1.83. The van der Waals surface area contributed by atoms with Crippen LogP contribution in [0.3, 0.4) is 0 Å². The number of fused-ring (bicyclic) bond motifs is 2. The van der Waals surface area contributed by atoms with Crippen LogP contribution < -0.4 is 10.3 Å². The molecule has 25 heavy (non-hydrogen) atoms. The smallest absolute Gasteiger partial charge is 0.262 e. The van der Waals surface area contributed by atoms with Gasteiger partial charge in [-0.2, -0.15) is 0 Å². The van der Waals surface area contributed by atoms with Crippen LogP contribution >= 0.6 is 11.3 Å². The molecule has 3 heterocycles. The van der Waals surface area contributed by atoms with E-state index in [0.29, 0.717) is 13.2 Å². The van der Waals surface area contributed by atoms with Crippen LogP contribution in [0.2, 0.25) is 0 Å². The van der Waals surface area contributed by atoms with Crippen molar-refractivity contribution in [1.82, 2.24) is 9.55 Å². The van der Waals surface area contributed by atoms with E-state index in [-0.39, 0.29) is 5.56 Å². The summed E-state index contributed by atoms with van der Waals surface area (Å²) in [5.74, 6) is 1.67. The van der Waals surface area contributed by atoms with E-state index < -0.39 is 0 Å². The molecule has 0 N–H and O–H groups in total. The number of nitrogens with zero attached hydrogens (tertiary/aromatic N) is 2. The van der Waals surface area contributed by atoms with Gasteiger partial charge in [-0.05, 0) is 62.1 Å². The molecule has 1 aromatic carbocycles. The summed E-state index contributed by atoms with van der Waals surface area (Å²) in [6, 6.07) is 8.02. The van der Waals surface area contributed by atoms with Gasteiger partial charge in [0.1, 0.15) is 16.4 Å². The van der Waals surface area contributed by atoms with Crippen LogP contribution in [0.5, 0.6) is 5.75 Å². The molecule has 0 atom stereocenters. The molecule has 0 aliphatic carbocycles. The van der Waals surface area contributed by atoms with Crippen LogP contribution in [-0.2, 0) is 6.54 Å². The summed E-state index contributed by atoms with van der Waals surface area (Å²) in [4.78, 5) is 19.7. The van der Waals surface area contributed by atoms with Gasteiger partial charge in [-0.25, -0.2) is 4.98 Å². The van der Waals surface area contributed by atoms with Crippen molar-refractivity contribution in [3.05, 3.63) is 56.4 Å². The molecule has 0 unspecified atom stereocenters. The molecule has 4 rings (SSSR count). The first-order valence-corrected chi connectivity index (χ1v) is 9.34. The van der Waals surface area contributed by atoms with Gasteiger partial charge in [0.15, 0.2) is 0 Å². The fourth-order valence-corrected chi connectivity index (χ4v) is 4.34. The van der Waals surface area contributed by atoms with Crippen molar-refractivity contribution in [3.8, 4) is 5.75 Å². The average molecular weight is 352 g/mol. The lowest BCUT2D eigenvalue weighted by Crippen LogP contribution is -2.20. The SMILES string of the molecule is CCOc1cccc(C=C2CCn3c2nc2sc(C)c(C)c2c3=O)c1. The van der Waals surface area contributed by atoms with Crippen molar-refractivity contribution in [2.75, 3.05) is 6.61 Å². The lowest BCUT2D eigenvalue weighted by Gasteiger charge is -2.05. The molecule has 3 aromatic rings. The Kier molecular flexibility index (Phi) is 3.96. The van der Waals surface area contributed by atoms with Crippen molar-refractivity contribution in [2.24, 2.45) is 0 Å². The zero-order valence-electron chi connectivity index (χ0n) is 14.6. The minimum absolute atomic E-state index is 0.0910. The standard InChI is InChI=1S/C20H20N2O2S/c1-4-24-16-7-5-6-14(11-16)10-15-8-9-22-18(15)21-19-17(20(22)23)12(2)13(3)25-19/h5-7,10-11H,4,8-9H2,1-3H3. The monoisotopic (exact) mass is 352 g/mol. The van der Waals surface area contributed by atoms with Gasteiger partial charge in [0.2, 0.25) is 0 Å². The molecule has 0 radical (unpaired) electrons. The number of hydrogen-bond donors (Lipinski definition) is 0. The third-order valence-electron chi connectivity index (χ3n) is 4.69. The maximum absolute atomic E-state index is 12.9. The van der Waals surface area contributed by atoms with Crippen LogP contribution in [0, 0.1) is 13.8 Å². The molecular formula is C20H20N2O2S. The molecule has 0 saturated carbocycles. The number of ether oxygens (including phenoxy) is 1. The van der Waals surface area contributed by atoms with E-state index in [0.717, 1.165) is 44.9 Å². The van der Waals surface area contributed by atoms with Crippen LogP contribution in [0.1, 0.15) is 35.2 Å². The first kappa shape index (κ1) is 16.1. The number of aromatic nitrogens is 2. The fourth-order valence-electron chi connectivity index (χ4n) is 3.32. The third kappa shape index (κ3) is 2.68. The molecule has 0 bridgehead atoms. The highest BCUT2D eigenvalue weighted by molar-refractivity contribution is 7.18. The zero-order chi connectivity index (χ0) is 17.6. The number of hydrogen-bond acceptors (Lipinski definition) is 4. The molecule has 1 aliphatic rings. The Bertz CT molecular complexity index is 1060. The molecule has 5 heteroatoms. The quantitative estimate of drug-likeness (QED) is 0.701. The van der Waals surface area contributed by atoms with Gasteiger partial charge < -0.3 is 4.74 Å². The van der Waals surface area contributed by atoms with Crippen LogP contribution in [0.25, 0.3) is 21.9 Å². The van der Waals surface area contributed by atoms with Crippen LogP contribution in [0.4, 0.5) is 0 Å². The molecule has 0 spiro atoms. The van der Waals surface area contributed by atoms with E-state index in [1.54, 1.807) is 11.3 Å². The Hall–Kier alpha value is -2.40. The molecule has 0 amide bonds. The lowest BCUT2D eigenvalue weighted by molar-refractivity contribution is 0.340. The summed E-state index contributed by atoms with van der Waals surface area (Å²) in [5.41, 5.74) is 3.33. The second-order valence-corrected chi connectivity index (χ2v) is 7.48. The van der Waals surface area contributed by atoms with Crippen molar-refractivity contribution in [1.29, 1.82) is 0 Å². The normalized spacial score (nSPS) is 15.1. The van der Waals surface area contributed by atoms with E-state index >= 15 is 0 Å². The Morgan fingerprint density at radius 1 is 1.36 bits per heavy atom. The Morgan fingerprint density at radius 3 is 3.00 bits per heavy atom. The zero-order valence-corrected chi connectivity index (χ0v) is 15.4. The van der Waals surface area contributed by atoms with Crippen molar-refractivity contribution >= 4 is 33.2 Å². The number of rotatable bonds is 3. The molecule has 128 valence electrons. The predicted octanol–water partition coefficient (Wildman–Crippen LogP) is 4.42. The van der Waals surface area contributed by atoms with E-state index in [9.17, 15) is 4.79 Å². The highest BCUT2D eigenvalue weighted by Gasteiger charge is 2.23. The summed E-state index contributed by atoms with van der Waals surface area (Å²) in [6.45, 7) is 7.38. The van der Waals surface area contributed by atoms with E-state index in [4.69, 9.17) is 9.72 Å². The van der Waals surface area contributed by atoms with Gasteiger partial charge in [-0.1, -0.05) is 12.1 Å². The highest BCUT2D eigenvalue weighted by Crippen LogP contribution is 2.32. The van der Waals surface area contributed by atoms with E-state index in [1.807, 2.05) is 49.6 Å². The molecule has 1 aliphatic heterocycles. The Morgan fingerprint density at radius 2 is 2.20 bits per heavy atom. The summed E-state index contributed by atoms with van der Waals surface area (Å²) in [7, 11) is 0. The fraction of sp³-hybridized carbons (Fsp3) is 0.300. The largest absolute Gasteiger partial charge is 0.494 e. The van der Waals surface area contributed by atoms with Gasteiger partial charge in [-0.3, -0.25) is 9.36 Å². The second-order valence-electron chi connectivity index (χ2n) is 6.28. The van der Waals surface area contributed by atoms with Gasteiger partial charge >= 0.3 is 0 Å². The predicted molar refractivity (Wildman–Crippen MR) is 103 cm³/mol. The molecule has 0 fully saturated rings. The number of thiophene rings is 1. The average Bonchev–Trinajstić information content (AvgIpc) is 3.11. The van der Waals surface area contributed by atoms with Crippen LogP contribution in [0.15, 0.2) is 29.1 Å². The third-order valence-corrected chi connectivity index (χ3v) is 5.79. The molecule has 0 saturated heterocycles. The van der Waals surface area contributed by atoms with Crippen molar-refractivity contribution in [2.45, 2.75) is 33.7 Å². The second kappa shape index (κ2) is 6.15. The molecular weight excluding hydrogens is 332 g/mol. The summed E-state index contributed by atoms with van der Waals surface area (Å²) >= 11 is 1.60. The van der Waals surface area contributed by atoms with Crippen molar-refractivity contribution in [3.63, 3.8) is 0 Å². The van der Waals surface area contributed by atoms with Crippen LogP contribution in [-0.4, -0.2) is 16.2 Å². The summed E-state index contributed by atoms with van der Waals surface area (Å²) in [6.07, 6.45) is 2.95. The van der Waals surface area contributed by atoms with E-state index in [2.05, 4.69) is 6.08 Å². The molecule has 4 nitrogen and oxygen atoms in total. The molecule has 2 aromatic heterocycles. The maximum Gasteiger partial charge on any atom is 0.262 e. The number of allylic oxidation sites excluding steroid dienone is 1. The lowest BCUT2D eigenvalue weighted by atomic mass is 10.1. The Labute approximate surface area is 150 Å². The topological polar surface area (TPSA) is 44.1 Å². The van der Waals surface area contributed by atoms with Gasteiger partial charge in [-0.15, -0.1) is 11.3 Å².